The molecule has 16 rings (SSSR count). The van der Waals surface area contributed by atoms with Gasteiger partial charge in [-0.2, -0.15) is 0 Å². The summed E-state index contributed by atoms with van der Waals surface area (Å²) < 4.78 is 18.8. The lowest BCUT2D eigenvalue weighted by Gasteiger charge is -2.25. The summed E-state index contributed by atoms with van der Waals surface area (Å²) in [5.74, 6) is 1.91. The van der Waals surface area contributed by atoms with Crippen molar-refractivity contribution in [2.75, 3.05) is 5.32 Å². The van der Waals surface area contributed by atoms with E-state index in [4.69, 9.17) is 9.47 Å². The largest absolute Gasteiger partial charge is 0.489 e. The molecule has 1 unspecified atom stereocenters. The van der Waals surface area contributed by atoms with Crippen LogP contribution in [0.3, 0.4) is 0 Å². The molecule has 6 heterocycles. The first-order valence-corrected chi connectivity index (χ1v) is 39.9. The number of ether oxygens (including phenoxy) is 2. The van der Waals surface area contributed by atoms with Gasteiger partial charge in [0.2, 0.25) is 0 Å². The van der Waals surface area contributed by atoms with Crippen molar-refractivity contribution >= 4 is 28.8 Å². The van der Waals surface area contributed by atoms with Gasteiger partial charge in [0.25, 0.3) is 22.2 Å². The maximum absolute atomic E-state index is 12.1. The average molecular weight is 1510 g/mol. The van der Waals surface area contributed by atoms with Crippen molar-refractivity contribution in [3.63, 3.8) is 0 Å². The molecule has 6 aliphatic carbocycles. The number of benzene rings is 4. The Labute approximate surface area is 655 Å². The lowest BCUT2D eigenvalue weighted by Crippen LogP contribution is -2.31. The number of anilines is 1. The van der Waals surface area contributed by atoms with Gasteiger partial charge in [0.15, 0.2) is 0 Å². The quantitative estimate of drug-likeness (QED) is 0.0918. The van der Waals surface area contributed by atoms with Gasteiger partial charge in [-0.3, -0.25) is 48.3 Å². The minimum atomic E-state index is 0.000331. The maximum atomic E-state index is 12.1. The summed E-state index contributed by atoms with van der Waals surface area (Å²) in [5.41, 5.74) is 26.0. The molecule has 0 radical (unpaired) electrons. The Morgan fingerprint density at radius 3 is 1.35 bits per heavy atom. The van der Waals surface area contributed by atoms with Gasteiger partial charge in [-0.15, -0.1) is 0 Å². The number of hydrogen-bond donors (Lipinski definition) is 2. The summed E-state index contributed by atoms with van der Waals surface area (Å²) in [6.07, 6.45) is 31.8. The number of fused-ring (bicyclic) bond motifs is 4. The molecule has 2 fully saturated rings. The third-order valence-corrected chi connectivity index (χ3v) is 23.1. The van der Waals surface area contributed by atoms with Crippen LogP contribution >= 0.6 is 0 Å². The van der Waals surface area contributed by atoms with Gasteiger partial charge >= 0.3 is 0 Å². The van der Waals surface area contributed by atoms with E-state index in [0.717, 1.165) is 151 Å². The molecule has 2 N–H and O–H groups in total. The number of ketones is 4. The van der Waals surface area contributed by atoms with Crippen LogP contribution in [-0.2, 0) is 123 Å². The molecule has 18 nitrogen and oxygen atoms in total. The van der Waals surface area contributed by atoms with Crippen molar-refractivity contribution < 1.29 is 28.7 Å². The molecule has 4 aromatic carbocycles. The van der Waals surface area contributed by atoms with E-state index in [-0.39, 0.29) is 39.8 Å². The van der Waals surface area contributed by atoms with Gasteiger partial charge in [0, 0.05) is 175 Å². The number of aromatic nitrogens is 6. The number of carbonyl (C=O) groups excluding carboxylic acids is 4. The van der Waals surface area contributed by atoms with Crippen molar-refractivity contribution in [2.24, 2.45) is 28.2 Å². The predicted molar refractivity (Wildman–Crippen MR) is 441 cm³/mol. The van der Waals surface area contributed by atoms with Crippen LogP contribution in [0.4, 0.5) is 5.69 Å². The Bertz CT molecular complexity index is 5360. The van der Waals surface area contributed by atoms with Crippen molar-refractivity contribution in [1.82, 2.24) is 33.6 Å². The summed E-state index contributed by atoms with van der Waals surface area (Å²) in [5, 5.41) is 7.32. The SMILES string of the molecule is Cc1cc(-c2cc3c(c(CNC4CCCCC4)c2)CC(=O)CC3)cn(C)c1=O.Cc1cc(-c2cc3c(c(COC4CCCC4)c2)CC(=O)CC3)cn(C)c1=O.Cc1cc(-c2cc3c(c(NC(C)c4ccccn4)c2)CC(=O)CC3)cn(C)c1=O.Cc1cc(-c2cc3c(c(OCc4cccnc4)c2)CC(=O)CC3)cn(C)c1=O. The van der Waals surface area contributed by atoms with Crippen LogP contribution in [0.2, 0.25) is 0 Å². The molecule has 0 spiro atoms. The van der Waals surface area contributed by atoms with Gasteiger partial charge in [-0.1, -0.05) is 68.5 Å². The van der Waals surface area contributed by atoms with Crippen LogP contribution in [0.15, 0.2) is 166 Å². The van der Waals surface area contributed by atoms with E-state index in [9.17, 15) is 38.4 Å². The maximum Gasteiger partial charge on any atom is 0.253 e. The van der Waals surface area contributed by atoms with Gasteiger partial charge in [0.05, 0.1) is 24.4 Å². The third kappa shape index (κ3) is 19.2. The van der Waals surface area contributed by atoms with Crippen LogP contribution in [-0.4, -0.2) is 63.5 Å². The molecular formula is C94H104N8O10. The number of Topliss-reactive ketones (excluding diaryl/α,β-unsaturated/α-hetero) is 4. The van der Waals surface area contributed by atoms with E-state index in [1.807, 2.05) is 113 Å². The Morgan fingerprint density at radius 2 is 0.875 bits per heavy atom. The zero-order valence-electron chi connectivity index (χ0n) is 66.3. The van der Waals surface area contributed by atoms with Crippen molar-refractivity contribution in [1.29, 1.82) is 0 Å². The lowest BCUT2D eigenvalue weighted by molar-refractivity contribution is -0.119. The van der Waals surface area contributed by atoms with Gasteiger partial charge < -0.3 is 38.4 Å². The second kappa shape index (κ2) is 35.7. The second-order valence-corrected chi connectivity index (χ2v) is 31.7. The Balaban J connectivity index is 0.000000131. The van der Waals surface area contributed by atoms with Crippen LogP contribution in [0.5, 0.6) is 5.75 Å². The van der Waals surface area contributed by atoms with Crippen LogP contribution in [0.1, 0.15) is 186 Å². The van der Waals surface area contributed by atoms with Gasteiger partial charge in [-0.25, -0.2) is 0 Å². The third-order valence-electron chi connectivity index (χ3n) is 23.1. The highest BCUT2D eigenvalue weighted by Gasteiger charge is 2.28. The zero-order chi connectivity index (χ0) is 78.9. The Hall–Kier alpha value is -10.8. The fraction of sp³-hybridized carbons (Fsp3) is 0.383. The molecule has 580 valence electrons. The first kappa shape index (κ1) is 79.3. The van der Waals surface area contributed by atoms with E-state index in [2.05, 4.69) is 70.0 Å². The van der Waals surface area contributed by atoms with Crippen molar-refractivity contribution in [3.8, 4) is 50.3 Å². The molecule has 18 heteroatoms. The number of nitrogens with one attached hydrogen (secondary N) is 2. The van der Waals surface area contributed by atoms with Crippen molar-refractivity contribution in [2.45, 2.75) is 207 Å². The Morgan fingerprint density at radius 1 is 0.438 bits per heavy atom. The molecule has 112 heavy (non-hydrogen) atoms. The molecule has 6 aromatic heterocycles. The molecule has 6 aliphatic rings. The van der Waals surface area contributed by atoms with E-state index < -0.39 is 0 Å². The number of aryl methyl sites for hydroxylation is 12. The monoisotopic (exact) mass is 1500 g/mol. The van der Waals surface area contributed by atoms with E-state index >= 15 is 0 Å². The number of pyridine rings is 6. The molecule has 0 amide bonds. The van der Waals surface area contributed by atoms with E-state index in [0.29, 0.717) is 99.4 Å². The van der Waals surface area contributed by atoms with E-state index in [1.165, 1.54) is 72.8 Å². The van der Waals surface area contributed by atoms with Crippen LogP contribution in [0, 0.1) is 27.7 Å². The van der Waals surface area contributed by atoms with Crippen molar-refractivity contribution in [3.05, 3.63) is 277 Å². The number of rotatable bonds is 16. The minimum absolute atomic E-state index is 0.000331. The Kier molecular flexibility index (Phi) is 25.3. The fourth-order valence-corrected chi connectivity index (χ4v) is 16.8. The molecule has 10 aromatic rings. The standard InChI is InChI=1S/C24H25N3O2.C24H30N2O2.C23H22N2O3.C23H27NO3/c1-15-10-19(14-27(3)24(15)29)18-11-17-7-8-20(28)13-21(17)23(12-18)26-16(2)22-6-4-5-9-25-22;1-16-10-20(15-26(2)24(16)28)18-11-17-8-9-22(27)13-23(17)19(12-18)14-25-21-6-4-3-5-7-21;1-15-8-19(13-25(2)23(15)27)18-9-17-5-6-20(26)11-21(17)22(10-18)28-14-16-4-3-7-24-12-16;1-15-9-18(13-24(2)23(15)26)17-10-16-7-8-20(25)12-22(16)19(11-17)14-27-21-5-3-4-6-21/h4-6,9-12,14,16,26H,7-8,13H2,1-3H3;10-12,15,21,25H,3-9,13-14H2,1-2H3;3-4,7-10,12-13H,5-6,11,14H2,1-2H3;9-11,13,21H,3-8,12,14H2,1-2H3. The lowest BCUT2D eigenvalue weighted by atomic mass is 9.84. The number of nitrogens with zero attached hydrogens (tertiary/aromatic N) is 6. The first-order chi connectivity index (χ1) is 53.9. The molecule has 2 saturated carbocycles. The zero-order valence-corrected chi connectivity index (χ0v) is 66.3. The second-order valence-electron chi connectivity index (χ2n) is 31.7. The normalized spacial score (nSPS) is 15.6. The fourth-order valence-electron chi connectivity index (χ4n) is 16.8. The summed E-state index contributed by atoms with van der Waals surface area (Å²) in [6.45, 7) is 11.2. The van der Waals surface area contributed by atoms with Gasteiger partial charge in [0.1, 0.15) is 35.5 Å². The highest BCUT2D eigenvalue weighted by atomic mass is 16.5. The summed E-state index contributed by atoms with van der Waals surface area (Å²) in [7, 11) is 7.13. The topological polar surface area (TPSA) is 225 Å². The molecule has 1 atom stereocenters. The van der Waals surface area contributed by atoms with Gasteiger partial charge in [-0.05, 0) is 247 Å². The highest BCUT2D eigenvalue weighted by Crippen LogP contribution is 2.39. The summed E-state index contributed by atoms with van der Waals surface area (Å²) in [6, 6.07) is 35.3. The minimum Gasteiger partial charge on any atom is -0.489 e. The number of carbonyl (C=O) groups is 4. The van der Waals surface area contributed by atoms with E-state index in [1.54, 1.807) is 65.0 Å². The molecule has 0 aliphatic heterocycles. The summed E-state index contributed by atoms with van der Waals surface area (Å²) in [4.78, 5) is 105. The smallest absolute Gasteiger partial charge is 0.253 e. The van der Waals surface area contributed by atoms with Crippen LogP contribution in [0.25, 0.3) is 44.5 Å². The number of hydrogen-bond acceptors (Lipinski definition) is 14. The molecule has 0 saturated heterocycles. The predicted octanol–water partition coefficient (Wildman–Crippen LogP) is 15.1. The van der Waals surface area contributed by atoms with Crippen LogP contribution < -0.4 is 37.6 Å². The molecule has 0 bridgehead atoms. The summed E-state index contributed by atoms with van der Waals surface area (Å²) >= 11 is 0. The first-order valence-electron chi connectivity index (χ1n) is 39.9. The molecular weight excluding hydrogens is 1400 g/mol. The highest BCUT2D eigenvalue weighted by molar-refractivity contribution is 5.88. The average Bonchev–Trinajstić information content (AvgIpc) is 0.843.